The lowest BCUT2D eigenvalue weighted by Crippen LogP contribution is -2.07. The molecule has 0 bridgehead atoms. The number of benzene rings is 2. The van der Waals surface area contributed by atoms with Gasteiger partial charge >= 0.3 is 0 Å². The van der Waals surface area contributed by atoms with Crippen LogP contribution >= 0.6 is 73.9 Å². The summed E-state index contributed by atoms with van der Waals surface area (Å²) in [7, 11) is 1.54. The second-order valence-corrected chi connectivity index (χ2v) is 9.36. The van der Waals surface area contributed by atoms with Crippen LogP contribution in [0.2, 0.25) is 25.1 Å². The van der Waals surface area contributed by atoms with Gasteiger partial charge in [-0.15, -0.1) is 0 Å². The highest BCUT2D eigenvalue weighted by Gasteiger charge is 2.21. The molecule has 0 saturated heterocycles. The number of rotatable bonds is 8. The van der Waals surface area contributed by atoms with Gasteiger partial charge in [-0.05, 0) is 46.6 Å². The molecule has 0 N–H and O–H groups in total. The molecule has 0 aliphatic carbocycles. The van der Waals surface area contributed by atoms with Gasteiger partial charge in [-0.25, -0.2) is 0 Å². The van der Waals surface area contributed by atoms with Gasteiger partial charge in [0.15, 0.2) is 5.75 Å². The second kappa shape index (κ2) is 11.3. The third-order valence-corrected chi connectivity index (χ3v) is 7.42. The minimum Gasteiger partial charge on any atom is -0.496 e. The van der Waals surface area contributed by atoms with Gasteiger partial charge in [0, 0.05) is 12.1 Å². The number of aromatic nitrogens is 2. The number of allylic oxidation sites excluding steroid dienone is 1. The predicted molar refractivity (Wildman–Crippen MR) is 138 cm³/mol. The molecule has 0 radical (unpaired) electrons. The van der Waals surface area contributed by atoms with Crippen molar-refractivity contribution < 1.29 is 14.3 Å². The van der Waals surface area contributed by atoms with Crippen LogP contribution in [0.3, 0.4) is 0 Å². The van der Waals surface area contributed by atoms with Crippen LogP contribution in [0.5, 0.6) is 11.5 Å². The number of methoxy groups -OCH3 is 1. The van der Waals surface area contributed by atoms with E-state index in [1.165, 1.54) is 13.2 Å². The Kier molecular flexibility index (Phi) is 9.01. The smallest absolute Gasteiger partial charge is 0.205 e. The van der Waals surface area contributed by atoms with E-state index in [1.54, 1.807) is 23.0 Å². The van der Waals surface area contributed by atoms with E-state index in [0.717, 1.165) is 5.56 Å². The van der Waals surface area contributed by atoms with Crippen molar-refractivity contribution in [3.8, 4) is 11.5 Å². The molecular weight excluding hydrogens is 597 g/mol. The van der Waals surface area contributed by atoms with Crippen LogP contribution in [-0.2, 0) is 13.2 Å². The number of nitrogens with zero attached hydrogens (tertiary/aromatic N) is 2. The van der Waals surface area contributed by atoms with Gasteiger partial charge in [-0.3, -0.25) is 9.48 Å². The predicted octanol–water partition coefficient (Wildman–Crippen LogP) is 8.42. The van der Waals surface area contributed by atoms with Crippen molar-refractivity contribution in [2.45, 2.75) is 20.1 Å². The maximum absolute atomic E-state index is 12.7. The molecule has 11 heteroatoms. The van der Waals surface area contributed by atoms with E-state index in [-0.39, 0.29) is 43.3 Å². The zero-order valence-corrected chi connectivity index (χ0v) is 22.6. The van der Waals surface area contributed by atoms with Crippen molar-refractivity contribution in [1.29, 1.82) is 0 Å². The summed E-state index contributed by atoms with van der Waals surface area (Å²) in [4.78, 5) is 12.7. The lowest BCUT2D eigenvalue weighted by Gasteiger charge is -2.15. The van der Waals surface area contributed by atoms with Gasteiger partial charge in [0.2, 0.25) is 5.78 Å². The highest BCUT2D eigenvalue weighted by Crippen LogP contribution is 2.48. The molecule has 0 saturated carbocycles. The zero-order chi connectivity index (χ0) is 24.3. The molecule has 1 aromatic heterocycles. The maximum Gasteiger partial charge on any atom is 0.205 e. The molecule has 0 aliphatic heterocycles. The van der Waals surface area contributed by atoms with E-state index < -0.39 is 0 Å². The van der Waals surface area contributed by atoms with Crippen molar-refractivity contribution in [2.75, 3.05) is 7.11 Å². The molecule has 0 atom stereocenters. The Labute approximate surface area is 224 Å². The van der Waals surface area contributed by atoms with Gasteiger partial charge in [0.25, 0.3) is 0 Å². The standard InChI is InChI=1S/C22H16BrCl5N2O3/c1-3-30-21(13(23)9-29-30)14(31)6-4-11-5-7-15(32-2)12(8-11)10-33-22-19(27)17(25)16(24)18(26)20(22)28/h4-9H,3,10H2,1-2H3/b6-4+. The molecule has 0 spiro atoms. The molecule has 3 rings (SSSR count). The van der Waals surface area contributed by atoms with E-state index in [2.05, 4.69) is 21.0 Å². The first-order valence-corrected chi connectivity index (χ1v) is 12.1. The first kappa shape index (κ1) is 26.2. The molecule has 0 unspecified atom stereocenters. The van der Waals surface area contributed by atoms with E-state index in [9.17, 15) is 4.79 Å². The topological polar surface area (TPSA) is 53.4 Å². The quantitative estimate of drug-likeness (QED) is 0.111. The fourth-order valence-electron chi connectivity index (χ4n) is 2.97. The van der Waals surface area contributed by atoms with Crippen molar-refractivity contribution in [3.05, 3.63) is 76.9 Å². The van der Waals surface area contributed by atoms with E-state index >= 15 is 0 Å². The molecule has 33 heavy (non-hydrogen) atoms. The third-order valence-electron chi connectivity index (χ3n) is 4.60. The Morgan fingerprint density at radius 2 is 1.73 bits per heavy atom. The molecular formula is C22H16BrCl5N2O3. The van der Waals surface area contributed by atoms with E-state index in [4.69, 9.17) is 67.5 Å². The van der Waals surface area contributed by atoms with Gasteiger partial charge in [-0.1, -0.05) is 70.1 Å². The lowest BCUT2D eigenvalue weighted by atomic mass is 10.1. The third kappa shape index (κ3) is 5.64. The van der Waals surface area contributed by atoms with Crippen molar-refractivity contribution >= 4 is 85.8 Å². The number of carbonyl (C=O) groups is 1. The fraction of sp³-hybridized carbons (Fsp3) is 0.182. The Bertz CT molecular complexity index is 1210. The number of hydrogen-bond donors (Lipinski definition) is 0. The lowest BCUT2D eigenvalue weighted by molar-refractivity contribution is 0.103. The number of ether oxygens (including phenoxy) is 2. The van der Waals surface area contributed by atoms with Gasteiger partial charge < -0.3 is 9.47 Å². The highest BCUT2D eigenvalue weighted by molar-refractivity contribution is 9.10. The van der Waals surface area contributed by atoms with Crippen molar-refractivity contribution in [2.24, 2.45) is 0 Å². The molecule has 3 aromatic rings. The minimum atomic E-state index is -0.182. The fourth-order valence-corrected chi connectivity index (χ4v) is 4.70. The number of hydrogen-bond acceptors (Lipinski definition) is 4. The number of ketones is 1. The normalized spacial score (nSPS) is 11.3. The van der Waals surface area contributed by atoms with Crippen LogP contribution in [0, 0.1) is 0 Å². The monoisotopic (exact) mass is 610 g/mol. The summed E-state index contributed by atoms with van der Waals surface area (Å²) in [6.07, 6.45) is 4.77. The summed E-state index contributed by atoms with van der Waals surface area (Å²) in [5, 5.41) is 4.40. The van der Waals surface area contributed by atoms with Crippen LogP contribution in [0.25, 0.3) is 6.08 Å². The Balaban J connectivity index is 1.86. The van der Waals surface area contributed by atoms with Gasteiger partial charge in [-0.2, -0.15) is 5.10 Å². The van der Waals surface area contributed by atoms with Gasteiger partial charge in [0.1, 0.15) is 28.1 Å². The van der Waals surface area contributed by atoms with Crippen LogP contribution in [-0.4, -0.2) is 22.7 Å². The number of halogens is 6. The summed E-state index contributed by atoms with van der Waals surface area (Å²) < 4.78 is 13.5. The van der Waals surface area contributed by atoms with Crippen LogP contribution in [0.4, 0.5) is 0 Å². The summed E-state index contributed by atoms with van der Waals surface area (Å²) in [5.41, 5.74) is 1.92. The minimum absolute atomic E-state index is 0.0423. The molecule has 5 nitrogen and oxygen atoms in total. The van der Waals surface area contributed by atoms with Crippen molar-refractivity contribution in [3.63, 3.8) is 0 Å². The van der Waals surface area contributed by atoms with Crippen LogP contribution in [0.1, 0.15) is 28.5 Å². The molecule has 0 amide bonds. The number of aryl methyl sites for hydroxylation is 1. The Morgan fingerprint density at radius 3 is 2.33 bits per heavy atom. The Hall–Kier alpha value is -1.41. The summed E-state index contributed by atoms with van der Waals surface area (Å²) >= 11 is 34.1. The van der Waals surface area contributed by atoms with Gasteiger partial charge in [0.05, 0.1) is 32.8 Å². The van der Waals surface area contributed by atoms with E-state index in [0.29, 0.717) is 28.0 Å². The van der Waals surface area contributed by atoms with Crippen molar-refractivity contribution in [1.82, 2.24) is 9.78 Å². The molecule has 2 aromatic carbocycles. The highest BCUT2D eigenvalue weighted by atomic mass is 79.9. The summed E-state index contributed by atoms with van der Waals surface area (Å²) in [6.45, 7) is 2.53. The average Bonchev–Trinajstić information content (AvgIpc) is 3.20. The van der Waals surface area contributed by atoms with E-state index in [1.807, 2.05) is 19.1 Å². The SMILES string of the molecule is CCn1ncc(Br)c1C(=O)/C=C/c1ccc(OC)c(COc2c(Cl)c(Cl)c(Cl)c(Cl)c2Cl)c1. The molecule has 1 heterocycles. The zero-order valence-electron chi connectivity index (χ0n) is 17.3. The molecule has 174 valence electrons. The summed E-state index contributed by atoms with van der Waals surface area (Å²) in [6, 6.07) is 5.39. The maximum atomic E-state index is 12.7. The first-order chi connectivity index (χ1) is 15.7. The van der Waals surface area contributed by atoms with Crippen LogP contribution < -0.4 is 9.47 Å². The molecule has 0 fully saturated rings. The largest absolute Gasteiger partial charge is 0.496 e. The Morgan fingerprint density at radius 1 is 1.09 bits per heavy atom. The van der Waals surface area contributed by atoms with Crippen LogP contribution in [0.15, 0.2) is 34.9 Å². The second-order valence-electron chi connectivity index (χ2n) is 6.61. The number of carbonyl (C=O) groups excluding carboxylic acids is 1. The molecule has 0 aliphatic rings. The summed E-state index contributed by atoms with van der Waals surface area (Å²) in [5.74, 6) is 0.496. The first-order valence-electron chi connectivity index (χ1n) is 9.44. The average molecular weight is 614 g/mol.